The number of ether oxygens (including phenoxy) is 4. The summed E-state index contributed by atoms with van der Waals surface area (Å²) in [5.41, 5.74) is -2.28. The Balaban J connectivity index is 2.63. The van der Waals surface area contributed by atoms with E-state index in [1.165, 1.54) is 0 Å². The topological polar surface area (TPSA) is 166 Å². The number of esters is 4. The summed E-state index contributed by atoms with van der Waals surface area (Å²) in [4.78, 5) is 47.0. The van der Waals surface area contributed by atoms with Crippen molar-refractivity contribution in [3.63, 3.8) is 0 Å². The van der Waals surface area contributed by atoms with Gasteiger partial charge in [0.15, 0.2) is 0 Å². The van der Waals surface area contributed by atoms with Gasteiger partial charge in [-0.2, -0.15) is 0 Å². The molecule has 2 aliphatic rings. The first-order valence-corrected chi connectivity index (χ1v) is 6.88. The van der Waals surface area contributed by atoms with E-state index in [1.54, 1.807) is 0 Å². The summed E-state index contributed by atoms with van der Waals surface area (Å²) in [6, 6.07) is 0. The van der Waals surface area contributed by atoms with Crippen molar-refractivity contribution in [1.29, 1.82) is 0 Å². The van der Waals surface area contributed by atoms with Crippen molar-refractivity contribution in [2.24, 2.45) is 5.41 Å². The molecule has 0 fully saturated rings. The predicted molar refractivity (Wildman–Crippen MR) is 72.9 cm³/mol. The van der Waals surface area contributed by atoms with Crippen LogP contribution in [-0.4, -0.2) is 71.1 Å². The van der Waals surface area contributed by atoms with Gasteiger partial charge in [0, 0.05) is 24.3 Å². The summed E-state index contributed by atoms with van der Waals surface area (Å²) >= 11 is 0. The lowest BCUT2D eigenvalue weighted by Gasteiger charge is -2.46. The van der Waals surface area contributed by atoms with Crippen LogP contribution in [0.25, 0.3) is 0 Å². The molecule has 2 aliphatic heterocycles. The van der Waals surface area contributed by atoms with Crippen molar-refractivity contribution >= 4 is 23.9 Å². The monoisotopic (exact) mass is 358 g/mol. The van der Waals surface area contributed by atoms with Crippen LogP contribution < -0.4 is 0 Å². The lowest BCUT2D eigenvalue weighted by molar-refractivity contribution is -0.359. The number of carbonyl (C=O) groups excluding carboxylic acids is 4. The molecule has 0 aromatic carbocycles. The Morgan fingerprint density at radius 2 is 1.12 bits per heavy atom. The average Bonchev–Trinajstić information content (AvgIpc) is 2.85. The summed E-state index contributed by atoms with van der Waals surface area (Å²) in [5.74, 6) is -7.49. The zero-order chi connectivity index (χ0) is 18.7. The number of aliphatic hydroxyl groups is 3. The highest BCUT2D eigenvalue weighted by Crippen LogP contribution is 2.42. The van der Waals surface area contributed by atoms with Gasteiger partial charge in [0.05, 0.1) is 19.8 Å². The van der Waals surface area contributed by atoms with E-state index in [0.717, 1.165) is 0 Å². The molecule has 25 heavy (non-hydrogen) atoms. The van der Waals surface area contributed by atoms with E-state index in [2.05, 4.69) is 0 Å². The van der Waals surface area contributed by atoms with Crippen molar-refractivity contribution in [3.05, 3.63) is 24.3 Å². The predicted octanol–water partition coefficient (Wildman–Crippen LogP) is -2.72. The third kappa shape index (κ3) is 3.24. The van der Waals surface area contributed by atoms with Gasteiger partial charge in [-0.05, 0) is 0 Å². The summed E-state index contributed by atoms with van der Waals surface area (Å²) < 4.78 is 19.5. The zero-order valence-electron chi connectivity index (χ0n) is 12.6. The molecule has 0 atom stereocenters. The van der Waals surface area contributed by atoms with Crippen LogP contribution in [-0.2, 0) is 38.1 Å². The average molecular weight is 358 g/mol. The lowest BCUT2D eigenvalue weighted by atomic mass is 9.80. The summed E-state index contributed by atoms with van der Waals surface area (Å²) in [5, 5.41) is 29.0. The van der Waals surface area contributed by atoms with Crippen LogP contribution in [0.15, 0.2) is 24.3 Å². The third-order valence-electron chi connectivity index (χ3n) is 3.62. The van der Waals surface area contributed by atoms with E-state index < -0.39 is 61.2 Å². The summed E-state index contributed by atoms with van der Waals surface area (Å²) in [7, 11) is 0. The number of aliphatic hydroxyl groups excluding tert-OH is 3. The van der Waals surface area contributed by atoms with Gasteiger partial charge in [-0.1, -0.05) is 0 Å². The van der Waals surface area contributed by atoms with Gasteiger partial charge >= 0.3 is 36.0 Å². The highest BCUT2D eigenvalue weighted by Gasteiger charge is 2.66. The molecule has 2 heterocycles. The Bertz CT molecular complexity index is 595. The second-order valence-electron chi connectivity index (χ2n) is 5.14. The van der Waals surface area contributed by atoms with Gasteiger partial charge in [-0.15, -0.1) is 0 Å². The second-order valence-corrected chi connectivity index (χ2v) is 5.14. The number of hydrogen-bond donors (Lipinski definition) is 3. The van der Waals surface area contributed by atoms with E-state index >= 15 is 0 Å². The first-order chi connectivity index (χ1) is 11.8. The van der Waals surface area contributed by atoms with Crippen LogP contribution in [0.1, 0.15) is 0 Å². The highest BCUT2D eigenvalue weighted by molar-refractivity contribution is 5.94. The third-order valence-corrected chi connectivity index (χ3v) is 3.62. The molecule has 2 rings (SSSR count). The van der Waals surface area contributed by atoms with Gasteiger partial charge < -0.3 is 34.3 Å². The van der Waals surface area contributed by atoms with Crippen molar-refractivity contribution in [2.75, 3.05) is 19.8 Å². The molecule has 0 aromatic rings. The van der Waals surface area contributed by atoms with E-state index in [4.69, 9.17) is 18.9 Å². The van der Waals surface area contributed by atoms with Crippen molar-refractivity contribution < 1.29 is 53.4 Å². The zero-order valence-corrected chi connectivity index (χ0v) is 12.6. The van der Waals surface area contributed by atoms with E-state index in [1.807, 2.05) is 0 Å². The maximum Gasteiger partial charge on any atom is 0.344 e. The first kappa shape index (κ1) is 18.6. The maximum atomic E-state index is 11.8. The lowest BCUT2D eigenvalue weighted by Crippen LogP contribution is -2.67. The Labute approximate surface area is 140 Å². The highest BCUT2D eigenvalue weighted by atomic mass is 16.8. The first-order valence-electron chi connectivity index (χ1n) is 6.88. The largest absolute Gasteiger partial charge is 0.414 e. The molecule has 3 N–H and O–H groups in total. The Kier molecular flexibility index (Phi) is 5.21. The fourth-order valence-electron chi connectivity index (χ4n) is 2.17. The van der Waals surface area contributed by atoms with Crippen molar-refractivity contribution in [2.45, 2.75) is 12.1 Å². The van der Waals surface area contributed by atoms with Crippen LogP contribution in [0.4, 0.5) is 0 Å². The molecule has 0 saturated heterocycles. The number of cyclic esters (lactones) is 4. The molecular weight excluding hydrogens is 344 g/mol. The van der Waals surface area contributed by atoms with Crippen LogP contribution in [0.3, 0.4) is 0 Å². The molecule has 11 heteroatoms. The van der Waals surface area contributed by atoms with Crippen molar-refractivity contribution in [1.82, 2.24) is 0 Å². The fourth-order valence-corrected chi connectivity index (χ4v) is 2.17. The molecule has 0 spiro atoms. The quantitative estimate of drug-likeness (QED) is 0.437. The minimum atomic E-state index is -2.85. The molecule has 0 bridgehead atoms. The van der Waals surface area contributed by atoms with E-state index in [9.17, 15) is 34.5 Å². The second kappa shape index (κ2) is 7.01. The van der Waals surface area contributed by atoms with E-state index in [-0.39, 0.29) is 0 Å². The maximum absolute atomic E-state index is 11.8. The summed E-state index contributed by atoms with van der Waals surface area (Å²) in [6.07, 6.45) is 0.529. The molecule has 136 valence electrons. The van der Waals surface area contributed by atoms with Gasteiger partial charge in [0.1, 0.15) is 5.41 Å². The summed E-state index contributed by atoms with van der Waals surface area (Å²) in [6.45, 7) is -3.29. The SMILES string of the molecule is O=C1C=CC(=O)OC(C2(C(CO)(CO)CO)OC(=O)C=CC(=O)O2)O1. The molecule has 0 amide bonds. The Morgan fingerprint density at radius 3 is 1.48 bits per heavy atom. The number of rotatable bonds is 5. The standard InChI is InChI=1S/C14H14O11/c15-5-13(6-16,7-17)14(24-10(20)3-4-11(21)25-14)12-22-8(18)1-2-9(19)23-12/h1-4,12,15-17H,5-7H2. The van der Waals surface area contributed by atoms with Gasteiger partial charge in [0.25, 0.3) is 0 Å². The van der Waals surface area contributed by atoms with E-state index in [0.29, 0.717) is 24.3 Å². The molecule has 0 unspecified atom stereocenters. The molecular formula is C14H14O11. The van der Waals surface area contributed by atoms with Gasteiger partial charge in [-0.3, -0.25) is 0 Å². The fraction of sp³-hybridized carbons (Fsp3) is 0.429. The van der Waals surface area contributed by atoms with Gasteiger partial charge in [-0.25, -0.2) is 19.2 Å². The van der Waals surface area contributed by atoms with Crippen LogP contribution in [0, 0.1) is 5.41 Å². The Hall–Kier alpha value is -2.76. The van der Waals surface area contributed by atoms with Crippen LogP contribution >= 0.6 is 0 Å². The van der Waals surface area contributed by atoms with Gasteiger partial charge in [0.2, 0.25) is 0 Å². The molecule has 0 aliphatic carbocycles. The van der Waals surface area contributed by atoms with Crippen LogP contribution in [0.5, 0.6) is 0 Å². The Morgan fingerprint density at radius 1 is 0.760 bits per heavy atom. The van der Waals surface area contributed by atoms with Crippen LogP contribution in [0.2, 0.25) is 0 Å². The molecule has 0 saturated carbocycles. The van der Waals surface area contributed by atoms with Crippen molar-refractivity contribution in [3.8, 4) is 0 Å². The molecule has 0 aromatic heterocycles. The number of hydrogen-bond acceptors (Lipinski definition) is 11. The smallest absolute Gasteiger partial charge is 0.344 e. The minimum absolute atomic E-state index is 0.666. The molecule has 11 nitrogen and oxygen atoms in total. The molecule has 0 radical (unpaired) electrons. The minimum Gasteiger partial charge on any atom is -0.414 e. The normalized spacial score (nSPS) is 20.9. The number of carbonyl (C=O) groups is 4.